The lowest BCUT2D eigenvalue weighted by molar-refractivity contribution is 0.210. The zero-order valence-corrected chi connectivity index (χ0v) is 19.6. The summed E-state index contributed by atoms with van der Waals surface area (Å²) in [5.74, 6) is 1.63. The van der Waals surface area contributed by atoms with Crippen molar-refractivity contribution in [3.8, 4) is 0 Å². The van der Waals surface area contributed by atoms with Gasteiger partial charge in [0.25, 0.3) is 10.0 Å². The van der Waals surface area contributed by atoms with Gasteiger partial charge in [-0.05, 0) is 73.1 Å². The van der Waals surface area contributed by atoms with Crippen molar-refractivity contribution in [2.45, 2.75) is 51.9 Å². The van der Waals surface area contributed by atoms with E-state index >= 15 is 0 Å². The third-order valence-corrected chi connectivity index (χ3v) is 7.89. The quantitative estimate of drug-likeness (QED) is 0.472. The highest BCUT2D eigenvalue weighted by Gasteiger charge is 2.32. The molecule has 6 heteroatoms. The minimum atomic E-state index is -3.66. The van der Waals surface area contributed by atoms with Gasteiger partial charge in [-0.15, -0.1) is 0 Å². The molecule has 1 heterocycles. The fraction of sp³-hybridized carbons (Fsp3) is 0.391. The van der Waals surface area contributed by atoms with Gasteiger partial charge >= 0.3 is 0 Å². The zero-order chi connectivity index (χ0) is 21.0. The minimum Gasteiger partial charge on any atom is -0.461 e. The molecule has 0 bridgehead atoms. The molecule has 1 N–H and O–H groups in total. The van der Waals surface area contributed by atoms with Crippen LogP contribution in [0.4, 0.5) is 5.69 Å². The predicted molar refractivity (Wildman–Crippen MR) is 121 cm³/mol. The maximum atomic E-state index is 12.9. The van der Waals surface area contributed by atoms with Gasteiger partial charge in [-0.2, -0.15) is 0 Å². The van der Waals surface area contributed by atoms with Gasteiger partial charge in [0.2, 0.25) is 0 Å². The van der Waals surface area contributed by atoms with Crippen LogP contribution in [0.25, 0.3) is 11.0 Å². The van der Waals surface area contributed by atoms with Crippen LogP contribution in [0.1, 0.15) is 44.1 Å². The first-order valence-electron chi connectivity index (χ1n) is 9.88. The Morgan fingerprint density at radius 3 is 2.48 bits per heavy atom. The van der Waals surface area contributed by atoms with Gasteiger partial charge in [-0.25, -0.2) is 8.42 Å². The third-order valence-electron chi connectivity index (χ3n) is 5.98. The summed E-state index contributed by atoms with van der Waals surface area (Å²) in [6.45, 7) is 8.75. The summed E-state index contributed by atoms with van der Waals surface area (Å²) in [7, 11) is -3.66. The summed E-state index contributed by atoms with van der Waals surface area (Å²) in [6.07, 6.45) is 3.02. The molecule has 0 aliphatic heterocycles. The van der Waals surface area contributed by atoms with E-state index in [1.54, 1.807) is 24.3 Å². The molecule has 0 saturated carbocycles. The summed E-state index contributed by atoms with van der Waals surface area (Å²) in [5, 5.41) is 1.02. The normalized spacial score (nSPS) is 17.3. The average Bonchev–Trinajstić information content (AvgIpc) is 2.98. The fourth-order valence-corrected chi connectivity index (χ4v) is 5.48. The summed E-state index contributed by atoms with van der Waals surface area (Å²) < 4.78 is 35.5. The number of anilines is 1. The van der Waals surface area contributed by atoms with E-state index in [0.29, 0.717) is 11.6 Å². The molecule has 154 valence electrons. The number of hydrogen-bond acceptors (Lipinski definition) is 3. The van der Waals surface area contributed by atoms with Crippen molar-refractivity contribution in [3.05, 3.63) is 57.8 Å². The maximum Gasteiger partial charge on any atom is 0.261 e. The highest BCUT2D eigenvalue weighted by Crippen LogP contribution is 2.42. The van der Waals surface area contributed by atoms with Gasteiger partial charge in [0.15, 0.2) is 0 Å². The summed E-state index contributed by atoms with van der Waals surface area (Å²) in [6, 6.07) is 10.5. The summed E-state index contributed by atoms with van der Waals surface area (Å²) >= 11 is 3.34. The molecular weight excluding hydrogens is 450 g/mol. The van der Waals surface area contributed by atoms with Crippen LogP contribution >= 0.6 is 15.9 Å². The molecule has 1 unspecified atom stereocenters. The van der Waals surface area contributed by atoms with Crippen molar-refractivity contribution in [1.29, 1.82) is 0 Å². The molecule has 4 rings (SSSR count). The van der Waals surface area contributed by atoms with Crippen LogP contribution in [-0.4, -0.2) is 8.42 Å². The number of halogens is 1. The Labute approximate surface area is 180 Å². The van der Waals surface area contributed by atoms with Crippen LogP contribution in [-0.2, 0) is 22.9 Å². The Morgan fingerprint density at radius 2 is 1.83 bits per heavy atom. The predicted octanol–water partition coefficient (Wildman–Crippen LogP) is 6.46. The molecule has 1 aromatic heterocycles. The van der Waals surface area contributed by atoms with Crippen molar-refractivity contribution in [2.75, 3.05) is 4.72 Å². The first-order chi connectivity index (χ1) is 13.5. The lowest BCUT2D eigenvalue weighted by Gasteiger charge is -2.33. The molecule has 2 aromatic carbocycles. The Kier molecular flexibility index (Phi) is 5.06. The second kappa shape index (κ2) is 7.17. The van der Waals surface area contributed by atoms with E-state index in [0.717, 1.165) is 46.0 Å². The number of nitrogens with one attached hydrogen (secondary N) is 1. The Balaban J connectivity index is 1.73. The topological polar surface area (TPSA) is 59.3 Å². The van der Waals surface area contributed by atoms with E-state index < -0.39 is 10.0 Å². The smallest absolute Gasteiger partial charge is 0.261 e. The maximum absolute atomic E-state index is 12.9. The van der Waals surface area contributed by atoms with Crippen LogP contribution < -0.4 is 4.72 Å². The SMILES string of the molecule is Cc1cc2oc3c(c2cc1NS(=O)(=O)c1ccc(Br)cc1)CC(C(C)(C)C)CC3. The Hall–Kier alpha value is -1.79. The van der Waals surface area contributed by atoms with Gasteiger partial charge in [-0.1, -0.05) is 36.7 Å². The highest BCUT2D eigenvalue weighted by atomic mass is 79.9. The number of furan rings is 1. The minimum absolute atomic E-state index is 0.234. The van der Waals surface area contributed by atoms with Crippen LogP contribution in [0.5, 0.6) is 0 Å². The van der Waals surface area contributed by atoms with Gasteiger partial charge in [0.1, 0.15) is 11.3 Å². The second-order valence-corrected chi connectivity index (χ2v) is 11.6. The van der Waals surface area contributed by atoms with Gasteiger partial charge < -0.3 is 4.42 Å². The molecule has 1 aliphatic carbocycles. The molecule has 0 radical (unpaired) electrons. The van der Waals surface area contributed by atoms with Crippen LogP contribution in [0.3, 0.4) is 0 Å². The number of hydrogen-bond donors (Lipinski definition) is 1. The molecule has 3 aromatic rings. The average molecular weight is 476 g/mol. The van der Waals surface area contributed by atoms with E-state index in [1.807, 2.05) is 19.1 Å². The van der Waals surface area contributed by atoms with Crippen molar-refractivity contribution in [2.24, 2.45) is 11.3 Å². The summed E-state index contributed by atoms with van der Waals surface area (Å²) in [4.78, 5) is 0.238. The molecule has 29 heavy (non-hydrogen) atoms. The van der Waals surface area contributed by atoms with E-state index in [2.05, 4.69) is 41.4 Å². The lowest BCUT2D eigenvalue weighted by Crippen LogP contribution is -2.26. The largest absolute Gasteiger partial charge is 0.461 e. The van der Waals surface area contributed by atoms with E-state index in [-0.39, 0.29) is 10.3 Å². The van der Waals surface area contributed by atoms with Gasteiger partial charge in [-0.3, -0.25) is 4.72 Å². The van der Waals surface area contributed by atoms with Gasteiger partial charge in [0.05, 0.1) is 10.6 Å². The van der Waals surface area contributed by atoms with Crippen LogP contribution in [0, 0.1) is 18.3 Å². The Morgan fingerprint density at radius 1 is 1.14 bits per heavy atom. The second-order valence-electron chi connectivity index (χ2n) is 9.03. The number of sulfonamides is 1. The molecule has 1 aliphatic rings. The zero-order valence-electron chi connectivity index (χ0n) is 17.2. The molecule has 4 nitrogen and oxygen atoms in total. The highest BCUT2D eigenvalue weighted by molar-refractivity contribution is 9.10. The first kappa shape index (κ1) is 20.5. The van der Waals surface area contributed by atoms with E-state index in [4.69, 9.17) is 4.42 Å². The number of fused-ring (bicyclic) bond motifs is 3. The molecule has 0 amide bonds. The van der Waals surface area contributed by atoms with Crippen LogP contribution in [0.2, 0.25) is 0 Å². The molecule has 0 saturated heterocycles. The lowest BCUT2D eigenvalue weighted by atomic mass is 9.71. The molecule has 0 spiro atoms. The van der Waals surface area contributed by atoms with Crippen LogP contribution in [0.15, 0.2) is 50.2 Å². The number of rotatable bonds is 3. The Bertz CT molecular complexity index is 1170. The standard InChI is InChI=1S/C23H26BrNO3S/c1-14-11-22-19(18-12-15(23(2,3)4)5-10-21(18)28-22)13-20(14)25-29(26,27)17-8-6-16(24)7-9-17/h6-9,11,13,15,25H,5,10,12H2,1-4H3. The van der Waals surface area contributed by atoms with E-state index in [9.17, 15) is 8.42 Å². The third kappa shape index (κ3) is 3.97. The van der Waals surface area contributed by atoms with Crippen molar-refractivity contribution >= 4 is 42.6 Å². The molecule has 1 atom stereocenters. The summed E-state index contributed by atoms with van der Waals surface area (Å²) in [5.41, 5.74) is 3.75. The molecular formula is C23H26BrNO3S. The fourth-order valence-electron chi connectivity index (χ4n) is 4.09. The van der Waals surface area contributed by atoms with Gasteiger partial charge in [0, 0.05) is 21.8 Å². The monoisotopic (exact) mass is 475 g/mol. The number of aryl methyl sites for hydroxylation is 2. The molecule has 0 fully saturated rings. The van der Waals surface area contributed by atoms with Crippen molar-refractivity contribution in [3.63, 3.8) is 0 Å². The van der Waals surface area contributed by atoms with Crippen molar-refractivity contribution in [1.82, 2.24) is 0 Å². The number of benzene rings is 2. The first-order valence-corrected chi connectivity index (χ1v) is 12.2. The van der Waals surface area contributed by atoms with Crippen molar-refractivity contribution < 1.29 is 12.8 Å². The van der Waals surface area contributed by atoms with E-state index in [1.165, 1.54) is 5.56 Å².